The van der Waals surface area contributed by atoms with Crippen molar-refractivity contribution in [1.82, 2.24) is 9.80 Å². The van der Waals surface area contributed by atoms with Gasteiger partial charge in [-0.25, -0.2) is 0 Å². The van der Waals surface area contributed by atoms with Gasteiger partial charge >= 0.3 is 5.69 Å². The van der Waals surface area contributed by atoms with Gasteiger partial charge in [-0.2, -0.15) is 0 Å². The first-order valence-corrected chi connectivity index (χ1v) is 8.45. The number of piperazine rings is 1. The second kappa shape index (κ2) is 7.97. The Kier molecular flexibility index (Phi) is 5.48. The number of nitro benzene ring substituents is 1. The van der Waals surface area contributed by atoms with Gasteiger partial charge in [-0.1, -0.05) is 42.5 Å². The predicted molar refractivity (Wildman–Crippen MR) is 97.0 cm³/mol. The van der Waals surface area contributed by atoms with Gasteiger partial charge in [0.1, 0.15) is 0 Å². The molecule has 1 fully saturated rings. The van der Waals surface area contributed by atoms with E-state index in [1.54, 1.807) is 17.0 Å². The minimum Gasteiger partial charge on any atom is -0.477 e. The molecule has 1 unspecified atom stereocenters. The van der Waals surface area contributed by atoms with Gasteiger partial charge in [-0.15, -0.1) is 0 Å². The third-order valence-corrected chi connectivity index (χ3v) is 4.50. The standard InChI is InChI=1S/C19H21N3O4/c1-20-11-12-21(17(13-20)15-7-3-2-4-8-15)19(23)14-26-18-10-6-5-9-16(18)22(24)25/h2-10,17H,11-14H2,1H3. The summed E-state index contributed by atoms with van der Waals surface area (Å²) in [4.78, 5) is 27.3. The number of benzene rings is 2. The number of nitro groups is 1. The number of carbonyl (C=O) groups is 1. The molecule has 0 N–H and O–H groups in total. The second-order valence-electron chi connectivity index (χ2n) is 6.29. The van der Waals surface area contributed by atoms with Crippen LogP contribution in [0.25, 0.3) is 0 Å². The van der Waals surface area contributed by atoms with Gasteiger partial charge in [-0.3, -0.25) is 14.9 Å². The lowest BCUT2D eigenvalue weighted by molar-refractivity contribution is -0.385. The third-order valence-electron chi connectivity index (χ3n) is 4.50. The molecule has 7 nitrogen and oxygen atoms in total. The Morgan fingerprint density at radius 1 is 1.15 bits per heavy atom. The van der Waals surface area contributed by atoms with E-state index in [0.29, 0.717) is 6.54 Å². The summed E-state index contributed by atoms with van der Waals surface area (Å²) in [6, 6.07) is 15.9. The minimum absolute atomic E-state index is 0.0585. The minimum atomic E-state index is -0.511. The quantitative estimate of drug-likeness (QED) is 0.608. The number of carbonyl (C=O) groups excluding carboxylic acids is 1. The lowest BCUT2D eigenvalue weighted by atomic mass is 10.0. The van der Waals surface area contributed by atoms with Crippen LogP contribution in [0, 0.1) is 10.1 Å². The van der Waals surface area contributed by atoms with Crippen LogP contribution in [0.3, 0.4) is 0 Å². The van der Waals surface area contributed by atoms with Crippen molar-refractivity contribution in [2.75, 3.05) is 33.3 Å². The van der Waals surface area contributed by atoms with Crippen molar-refractivity contribution in [2.24, 2.45) is 0 Å². The maximum atomic E-state index is 12.8. The van der Waals surface area contributed by atoms with E-state index >= 15 is 0 Å². The zero-order valence-electron chi connectivity index (χ0n) is 14.6. The van der Waals surface area contributed by atoms with Crippen LogP contribution in [0.5, 0.6) is 5.75 Å². The monoisotopic (exact) mass is 355 g/mol. The van der Waals surface area contributed by atoms with Gasteiger partial charge in [0.15, 0.2) is 12.4 Å². The highest BCUT2D eigenvalue weighted by molar-refractivity contribution is 5.78. The van der Waals surface area contributed by atoms with Crippen LogP contribution in [0.4, 0.5) is 5.69 Å². The van der Waals surface area contributed by atoms with Crippen molar-refractivity contribution in [3.8, 4) is 5.75 Å². The number of hydrogen-bond acceptors (Lipinski definition) is 5. The van der Waals surface area contributed by atoms with Crippen LogP contribution in [-0.2, 0) is 4.79 Å². The Bertz CT molecular complexity index is 781. The van der Waals surface area contributed by atoms with Gasteiger partial charge in [0, 0.05) is 25.7 Å². The molecule has 2 aromatic rings. The van der Waals surface area contributed by atoms with Crippen molar-refractivity contribution in [1.29, 1.82) is 0 Å². The van der Waals surface area contributed by atoms with E-state index in [-0.39, 0.29) is 30.0 Å². The summed E-state index contributed by atoms with van der Waals surface area (Å²) in [5.74, 6) is -0.0682. The van der Waals surface area contributed by atoms with E-state index in [1.165, 1.54) is 12.1 Å². The smallest absolute Gasteiger partial charge is 0.310 e. The maximum absolute atomic E-state index is 12.8. The van der Waals surface area contributed by atoms with Gasteiger partial charge in [-0.05, 0) is 18.7 Å². The van der Waals surface area contributed by atoms with Crippen molar-refractivity contribution in [3.63, 3.8) is 0 Å². The molecule has 0 spiro atoms. The molecular weight excluding hydrogens is 334 g/mol. The van der Waals surface area contributed by atoms with Crippen LogP contribution < -0.4 is 4.74 Å². The first-order chi connectivity index (χ1) is 12.6. The molecule has 0 bridgehead atoms. The molecule has 0 radical (unpaired) electrons. The molecule has 26 heavy (non-hydrogen) atoms. The normalized spacial score (nSPS) is 17.7. The molecule has 3 rings (SSSR count). The topological polar surface area (TPSA) is 75.9 Å². The Balaban J connectivity index is 1.73. The average Bonchev–Trinajstić information content (AvgIpc) is 2.67. The molecule has 1 aliphatic rings. The first-order valence-electron chi connectivity index (χ1n) is 8.45. The number of para-hydroxylation sites is 2. The van der Waals surface area contributed by atoms with Gasteiger partial charge in [0.25, 0.3) is 5.91 Å². The molecule has 2 aromatic carbocycles. The van der Waals surface area contributed by atoms with E-state index in [1.807, 2.05) is 37.4 Å². The molecule has 0 aromatic heterocycles. The molecule has 136 valence electrons. The molecular formula is C19H21N3O4. The highest BCUT2D eigenvalue weighted by atomic mass is 16.6. The summed E-state index contributed by atoms with van der Waals surface area (Å²) >= 11 is 0. The summed E-state index contributed by atoms with van der Waals surface area (Å²) in [7, 11) is 2.03. The Morgan fingerprint density at radius 3 is 2.58 bits per heavy atom. The Hall–Kier alpha value is -2.93. The van der Waals surface area contributed by atoms with Crippen LogP contribution in [0.1, 0.15) is 11.6 Å². The number of likely N-dealkylation sites (N-methyl/N-ethyl adjacent to an activating group) is 1. The van der Waals surface area contributed by atoms with Crippen molar-refractivity contribution >= 4 is 11.6 Å². The number of rotatable bonds is 5. The molecule has 1 saturated heterocycles. The fourth-order valence-corrected chi connectivity index (χ4v) is 3.13. The lowest BCUT2D eigenvalue weighted by Crippen LogP contribution is -2.50. The van der Waals surface area contributed by atoms with E-state index in [2.05, 4.69) is 4.90 Å². The summed E-state index contributed by atoms with van der Waals surface area (Å²) in [5, 5.41) is 11.1. The fraction of sp³-hybridized carbons (Fsp3) is 0.316. The largest absolute Gasteiger partial charge is 0.477 e. The Morgan fingerprint density at radius 2 is 1.85 bits per heavy atom. The average molecular weight is 355 g/mol. The van der Waals surface area contributed by atoms with Crippen LogP contribution >= 0.6 is 0 Å². The summed E-state index contributed by atoms with van der Waals surface area (Å²) < 4.78 is 5.48. The van der Waals surface area contributed by atoms with Gasteiger partial charge < -0.3 is 14.5 Å². The number of hydrogen-bond donors (Lipinski definition) is 0. The zero-order chi connectivity index (χ0) is 18.5. The highest BCUT2D eigenvalue weighted by Crippen LogP contribution is 2.27. The summed E-state index contributed by atoms with van der Waals surface area (Å²) in [6.07, 6.45) is 0. The molecule has 7 heteroatoms. The van der Waals surface area contributed by atoms with Crippen molar-refractivity contribution in [2.45, 2.75) is 6.04 Å². The highest BCUT2D eigenvalue weighted by Gasteiger charge is 2.30. The molecule has 1 heterocycles. The summed E-state index contributed by atoms with van der Waals surface area (Å²) in [5.41, 5.74) is 0.927. The molecule has 1 aliphatic heterocycles. The van der Waals surface area contributed by atoms with E-state index in [4.69, 9.17) is 4.74 Å². The van der Waals surface area contributed by atoms with E-state index in [9.17, 15) is 14.9 Å². The Labute approximate surface area is 151 Å². The third kappa shape index (κ3) is 4.00. The number of ether oxygens (including phenoxy) is 1. The number of amides is 1. The predicted octanol–water partition coefficient (Wildman–Crippen LogP) is 2.49. The first kappa shape index (κ1) is 17.9. The molecule has 0 aliphatic carbocycles. The molecule has 0 saturated carbocycles. The fourth-order valence-electron chi connectivity index (χ4n) is 3.13. The SMILES string of the molecule is CN1CCN(C(=O)COc2ccccc2[N+](=O)[O-])C(c2ccccc2)C1. The maximum Gasteiger partial charge on any atom is 0.310 e. The molecule has 1 amide bonds. The van der Waals surface area contributed by atoms with Crippen molar-refractivity contribution in [3.05, 3.63) is 70.3 Å². The van der Waals surface area contributed by atoms with Crippen molar-refractivity contribution < 1.29 is 14.5 Å². The van der Waals surface area contributed by atoms with Crippen LogP contribution in [0.15, 0.2) is 54.6 Å². The van der Waals surface area contributed by atoms with E-state index < -0.39 is 4.92 Å². The number of nitrogens with zero attached hydrogens (tertiary/aromatic N) is 3. The summed E-state index contributed by atoms with van der Waals surface area (Å²) in [6.45, 7) is 1.88. The lowest BCUT2D eigenvalue weighted by Gasteiger charge is -2.40. The van der Waals surface area contributed by atoms with E-state index in [0.717, 1.165) is 18.7 Å². The molecule has 1 atom stereocenters. The van der Waals surface area contributed by atoms with Gasteiger partial charge in [0.2, 0.25) is 0 Å². The van der Waals surface area contributed by atoms with Crippen LogP contribution in [-0.4, -0.2) is 53.9 Å². The van der Waals surface area contributed by atoms with Crippen LogP contribution in [0.2, 0.25) is 0 Å². The van der Waals surface area contributed by atoms with Gasteiger partial charge in [0.05, 0.1) is 11.0 Å². The second-order valence-corrected chi connectivity index (χ2v) is 6.29. The zero-order valence-corrected chi connectivity index (χ0v) is 14.6.